The molecule has 0 aliphatic carbocycles. The highest BCUT2D eigenvalue weighted by Crippen LogP contribution is 2.16. The third kappa shape index (κ3) is 2.06. The lowest BCUT2D eigenvalue weighted by Gasteiger charge is -2.08. The lowest BCUT2D eigenvalue weighted by molar-refractivity contribution is 0.834. The summed E-state index contributed by atoms with van der Waals surface area (Å²) in [6.45, 7) is 3.90. The predicted molar refractivity (Wildman–Crippen MR) is 53.0 cm³/mol. The molecule has 0 unspecified atom stereocenters. The summed E-state index contributed by atoms with van der Waals surface area (Å²) >= 11 is 0. The van der Waals surface area contributed by atoms with E-state index >= 15 is 0 Å². The van der Waals surface area contributed by atoms with E-state index in [0.29, 0.717) is 11.6 Å². The van der Waals surface area contributed by atoms with E-state index in [1.165, 1.54) is 0 Å². The lowest BCUT2D eigenvalue weighted by Crippen LogP contribution is -2.14. The molecule has 0 amide bonds. The highest BCUT2D eigenvalue weighted by molar-refractivity contribution is 5.53. The number of hydrazine groups is 1. The van der Waals surface area contributed by atoms with Crippen LogP contribution in [-0.4, -0.2) is 9.97 Å². The van der Waals surface area contributed by atoms with Crippen molar-refractivity contribution >= 4 is 11.6 Å². The number of nitrogen functional groups attached to an aromatic ring is 2. The van der Waals surface area contributed by atoms with Crippen LogP contribution in [0.3, 0.4) is 0 Å². The molecule has 5 heteroatoms. The van der Waals surface area contributed by atoms with Crippen LogP contribution in [-0.2, 0) is 6.42 Å². The average molecular weight is 181 g/mol. The van der Waals surface area contributed by atoms with Crippen molar-refractivity contribution in [3.63, 3.8) is 0 Å². The summed E-state index contributed by atoms with van der Waals surface area (Å²) in [5.41, 5.74) is 8.98. The molecule has 0 atom stereocenters. The van der Waals surface area contributed by atoms with Gasteiger partial charge in [-0.2, -0.15) is 0 Å². The van der Waals surface area contributed by atoms with Gasteiger partial charge in [-0.1, -0.05) is 6.92 Å². The van der Waals surface area contributed by atoms with E-state index in [-0.39, 0.29) is 0 Å². The van der Waals surface area contributed by atoms with E-state index in [9.17, 15) is 0 Å². The van der Waals surface area contributed by atoms with Crippen molar-refractivity contribution in [3.05, 3.63) is 11.4 Å². The van der Waals surface area contributed by atoms with Crippen LogP contribution in [0.2, 0.25) is 0 Å². The Labute approximate surface area is 77.5 Å². The van der Waals surface area contributed by atoms with Crippen molar-refractivity contribution in [1.29, 1.82) is 0 Å². The van der Waals surface area contributed by atoms with E-state index in [1.54, 1.807) is 0 Å². The molecule has 72 valence electrons. The smallest absolute Gasteiger partial charge is 0.148 e. The van der Waals surface area contributed by atoms with Gasteiger partial charge in [-0.15, -0.1) is 0 Å². The largest absolute Gasteiger partial charge is 0.383 e. The maximum Gasteiger partial charge on any atom is 0.148 e. The molecule has 1 aromatic rings. The van der Waals surface area contributed by atoms with Crippen LogP contribution >= 0.6 is 0 Å². The monoisotopic (exact) mass is 181 g/mol. The van der Waals surface area contributed by atoms with Crippen LogP contribution in [0, 0.1) is 6.92 Å². The number of nitrogens with zero attached hydrogens (tertiary/aromatic N) is 2. The SMILES string of the molecule is CCCc1nc(N)c(C)c(NN)n1. The molecular weight excluding hydrogens is 166 g/mol. The number of aryl methyl sites for hydroxylation is 1. The Bertz CT molecular complexity index is 297. The van der Waals surface area contributed by atoms with Gasteiger partial charge in [0.05, 0.1) is 0 Å². The van der Waals surface area contributed by atoms with Crippen LogP contribution in [0.25, 0.3) is 0 Å². The number of anilines is 2. The van der Waals surface area contributed by atoms with Crippen molar-refractivity contribution in [2.45, 2.75) is 26.7 Å². The summed E-state index contributed by atoms with van der Waals surface area (Å²) in [7, 11) is 0. The van der Waals surface area contributed by atoms with Crippen LogP contribution in [0.15, 0.2) is 0 Å². The zero-order valence-electron chi connectivity index (χ0n) is 7.96. The first-order chi connectivity index (χ1) is 6.19. The number of aromatic nitrogens is 2. The summed E-state index contributed by atoms with van der Waals surface area (Å²) in [6.07, 6.45) is 1.81. The van der Waals surface area contributed by atoms with Crippen LogP contribution in [0.1, 0.15) is 24.7 Å². The lowest BCUT2D eigenvalue weighted by atomic mass is 10.2. The van der Waals surface area contributed by atoms with Gasteiger partial charge in [0.15, 0.2) is 0 Å². The first kappa shape index (κ1) is 9.73. The van der Waals surface area contributed by atoms with Crippen LogP contribution in [0.4, 0.5) is 11.6 Å². The van der Waals surface area contributed by atoms with Gasteiger partial charge in [-0.05, 0) is 13.3 Å². The molecule has 1 aromatic heterocycles. The standard InChI is InChI=1S/C8H15N5/c1-3-4-6-11-7(9)5(2)8(12-6)13-10/h3-4,10H2,1-2H3,(H3,9,11,12,13). The number of nitrogens with two attached hydrogens (primary N) is 2. The third-order valence-corrected chi connectivity index (χ3v) is 1.84. The molecule has 0 saturated heterocycles. The van der Waals surface area contributed by atoms with Crippen molar-refractivity contribution in [3.8, 4) is 0 Å². The molecule has 0 aliphatic rings. The summed E-state index contributed by atoms with van der Waals surface area (Å²) in [5.74, 6) is 7.12. The maximum atomic E-state index is 5.68. The topological polar surface area (TPSA) is 89.8 Å². The summed E-state index contributed by atoms with van der Waals surface area (Å²) in [4.78, 5) is 8.36. The molecule has 0 fully saturated rings. The van der Waals surface area contributed by atoms with Gasteiger partial charge < -0.3 is 11.2 Å². The molecule has 13 heavy (non-hydrogen) atoms. The van der Waals surface area contributed by atoms with Gasteiger partial charge in [-0.25, -0.2) is 15.8 Å². The number of rotatable bonds is 3. The second kappa shape index (κ2) is 4.04. The van der Waals surface area contributed by atoms with Crippen LogP contribution in [0.5, 0.6) is 0 Å². The van der Waals surface area contributed by atoms with Crippen LogP contribution < -0.4 is 17.0 Å². The molecule has 5 nitrogen and oxygen atoms in total. The second-order valence-electron chi connectivity index (χ2n) is 2.89. The molecule has 0 spiro atoms. The van der Waals surface area contributed by atoms with E-state index < -0.39 is 0 Å². The number of hydrogen-bond donors (Lipinski definition) is 3. The molecule has 0 bridgehead atoms. The Morgan fingerprint density at radius 2 is 2.08 bits per heavy atom. The Morgan fingerprint density at radius 3 is 2.62 bits per heavy atom. The quantitative estimate of drug-likeness (QED) is 0.469. The van der Waals surface area contributed by atoms with Crippen molar-refractivity contribution in [1.82, 2.24) is 9.97 Å². The maximum absolute atomic E-state index is 5.68. The molecule has 0 aromatic carbocycles. The zero-order chi connectivity index (χ0) is 9.84. The minimum atomic E-state index is 0.492. The first-order valence-electron chi connectivity index (χ1n) is 4.28. The average Bonchev–Trinajstić information content (AvgIpc) is 2.11. The van der Waals surface area contributed by atoms with E-state index in [1.807, 2.05) is 6.92 Å². The van der Waals surface area contributed by atoms with Gasteiger partial charge in [0, 0.05) is 12.0 Å². The molecule has 0 aliphatic heterocycles. The summed E-state index contributed by atoms with van der Waals surface area (Å²) in [6, 6.07) is 0. The predicted octanol–water partition coefficient (Wildman–Crippen LogP) is 0.605. The van der Waals surface area contributed by atoms with Gasteiger partial charge in [0.2, 0.25) is 0 Å². The van der Waals surface area contributed by atoms with E-state index in [0.717, 1.165) is 24.2 Å². The van der Waals surface area contributed by atoms with Crippen molar-refractivity contribution in [2.24, 2.45) is 5.84 Å². The minimum Gasteiger partial charge on any atom is -0.383 e. The fraction of sp³-hybridized carbons (Fsp3) is 0.500. The van der Waals surface area contributed by atoms with Gasteiger partial charge in [-0.3, -0.25) is 0 Å². The van der Waals surface area contributed by atoms with Gasteiger partial charge >= 0.3 is 0 Å². The number of nitrogens with one attached hydrogen (secondary N) is 1. The fourth-order valence-corrected chi connectivity index (χ4v) is 1.06. The second-order valence-corrected chi connectivity index (χ2v) is 2.89. The molecule has 1 heterocycles. The normalized spacial score (nSPS) is 10.1. The van der Waals surface area contributed by atoms with Gasteiger partial charge in [0.1, 0.15) is 17.5 Å². The Morgan fingerprint density at radius 1 is 1.38 bits per heavy atom. The highest BCUT2D eigenvalue weighted by atomic mass is 15.3. The molecular formula is C8H15N5. The van der Waals surface area contributed by atoms with Crippen molar-refractivity contribution < 1.29 is 0 Å². The minimum absolute atomic E-state index is 0.492. The molecule has 0 saturated carbocycles. The summed E-state index contributed by atoms with van der Waals surface area (Å²) in [5, 5.41) is 0. The Balaban J connectivity index is 3.06. The van der Waals surface area contributed by atoms with E-state index in [4.69, 9.17) is 11.6 Å². The Kier molecular flexibility index (Phi) is 3.02. The Hall–Kier alpha value is -1.36. The highest BCUT2D eigenvalue weighted by Gasteiger charge is 2.06. The first-order valence-corrected chi connectivity index (χ1v) is 4.28. The fourth-order valence-electron chi connectivity index (χ4n) is 1.06. The van der Waals surface area contributed by atoms with Crippen molar-refractivity contribution in [2.75, 3.05) is 11.2 Å². The molecule has 1 rings (SSSR count). The van der Waals surface area contributed by atoms with E-state index in [2.05, 4.69) is 22.3 Å². The molecule has 5 N–H and O–H groups in total. The zero-order valence-corrected chi connectivity index (χ0v) is 7.96. The number of hydrogen-bond acceptors (Lipinski definition) is 5. The third-order valence-electron chi connectivity index (χ3n) is 1.84. The molecule has 0 radical (unpaired) electrons. The van der Waals surface area contributed by atoms with Gasteiger partial charge in [0.25, 0.3) is 0 Å². The summed E-state index contributed by atoms with van der Waals surface area (Å²) < 4.78 is 0.